The molecule has 1 unspecified atom stereocenters. The van der Waals surface area contributed by atoms with Gasteiger partial charge < -0.3 is 11.1 Å². The molecule has 1 aromatic heterocycles. The molecule has 28 heavy (non-hydrogen) atoms. The molecule has 3 N–H and O–H groups in total. The van der Waals surface area contributed by atoms with Crippen LogP contribution in [0.1, 0.15) is 48.9 Å². The van der Waals surface area contributed by atoms with Crippen LogP contribution in [0.5, 0.6) is 0 Å². The largest absolute Gasteiger partial charge is 0.354 e. The number of amides is 1. The van der Waals surface area contributed by atoms with Crippen molar-refractivity contribution in [3.05, 3.63) is 83.7 Å². The van der Waals surface area contributed by atoms with Gasteiger partial charge in [0.05, 0.1) is 11.9 Å². The highest BCUT2D eigenvalue weighted by atomic mass is 16.1. The Bertz CT molecular complexity index is 884. The van der Waals surface area contributed by atoms with Gasteiger partial charge in [-0.3, -0.25) is 4.79 Å². The Morgan fingerprint density at radius 2 is 1.75 bits per heavy atom. The summed E-state index contributed by atoms with van der Waals surface area (Å²) in [7, 11) is 0. The first-order chi connectivity index (χ1) is 13.5. The molecule has 146 valence electrons. The second-order valence-corrected chi connectivity index (χ2v) is 7.36. The second-order valence-electron chi connectivity index (χ2n) is 7.36. The lowest BCUT2D eigenvalue weighted by Crippen LogP contribution is -2.32. The Balaban J connectivity index is 1.45. The van der Waals surface area contributed by atoms with Gasteiger partial charge in [-0.1, -0.05) is 56.3 Å². The molecule has 0 aliphatic heterocycles. The van der Waals surface area contributed by atoms with Gasteiger partial charge in [0.15, 0.2) is 0 Å². The Kier molecular flexibility index (Phi) is 6.61. The molecule has 0 bridgehead atoms. The highest BCUT2D eigenvalue weighted by Crippen LogP contribution is 2.17. The number of nitrogens with two attached hydrogens (primary N) is 1. The van der Waals surface area contributed by atoms with Crippen LogP contribution in [0.25, 0.3) is 5.69 Å². The molecule has 5 nitrogen and oxygen atoms in total. The molecule has 1 amide bonds. The van der Waals surface area contributed by atoms with Crippen molar-refractivity contribution >= 4 is 5.91 Å². The third-order valence-electron chi connectivity index (χ3n) is 4.85. The molecule has 0 radical (unpaired) electrons. The lowest BCUT2D eigenvalue weighted by Gasteiger charge is -2.14. The lowest BCUT2D eigenvalue weighted by atomic mass is 9.99. The summed E-state index contributed by atoms with van der Waals surface area (Å²) < 4.78 is 1.82. The second kappa shape index (κ2) is 9.33. The normalized spacial score (nSPS) is 12.1. The number of nitrogens with zero attached hydrogens (tertiary/aromatic N) is 2. The average Bonchev–Trinajstić information content (AvgIpc) is 3.20. The van der Waals surface area contributed by atoms with E-state index in [1.54, 1.807) is 0 Å². The maximum Gasteiger partial charge on any atom is 0.220 e. The summed E-state index contributed by atoms with van der Waals surface area (Å²) in [6.45, 7) is 4.76. The molecular formula is C23H28N4O. The fourth-order valence-electron chi connectivity index (χ4n) is 3.03. The molecule has 1 heterocycles. The van der Waals surface area contributed by atoms with Crippen molar-refractivity contribution in [2.45, 2.75) is 38.6 Å². The summed E-state index contributed by atoms with van der Waals surface area (Å²) in [5, 5.41) is 7.30. The molecule has 5 heteroatoms. The molecule has 0 saturated heterocycles. The van der Waals surface area contributed by atoms with Crippen LogP contribution in [0.15, 0.2) is 67.0 Å². The quantitative estimate of drug-likeness (QED) is 0.629. The van der Waals surface area contributed by atoms with Gasteiger partial charge in [0.1, 0.15) is 0 Å². The van der Waals surface area contributed by atoms with E-state index in [0.717, 1.165) is 16.8 Å². The van der Waals surface area contributed by atoms with Gasteiger partial charge in [-0.2, -0.15) is 5.10 Å². The van der Waals surface area contributed by atoms with Crippen LogP contribution in [0, 0.1) is 0 Å². The zero-order chi connectivity index (χ0) is 19.9. The van der Waals surface area contributed by atoms with E-state index in [1.165, 1.54) is 5.56 Å². The fourth-order valence-corrected chi connectivity index (χ4v) is 3.03. The Hall–Kier alpha value is -2.92. The molecule has 3 rings (SSSR count). The van der Waals surface area contributed by atoms with Gasteiger partial charge in [-0.05, 0) is 41.2 Å². The predicted octanol–water partition coefficient (Wildman–Crippen LogP) is 3.74. The van der Waals surface area contributed by atoms with Crippen LogP contribution in [-0.2, 0) is 11.2 Å². The summed E-state index contributed by atoms with van der Waals surface area (Å²) in [6.07, 6.45) is 4.84. The molecule has 0 spiro atoms. The Morgan fingerprint density at radius 1 is 1.07 bits per heavy atom. The van der Waals surface area contributed by atoms with Crippen LogP contribution in [0.2, 0.25) is 0 Å². The smallest absolute Gasteiger partial charge is 0.220 e. The van der Waals surface area contributed by atoms with Crippen LogP contribution >= 0.6 is 0 Å². The number of rotatable bonds is 8. The summed E-state index contributed by atoms with van der Waals surface area (Å²) >= 11 is 0. The first-order valence-corrected chi connectivity index (χ1v) is 9.74. The maximum absolute atomic E-state index is 12.2. The monoisotopic (exact) mass is 376 g/mol. The number of aromatic nitrogens is 2. The van der Waals surface area contributed by atoms with E-state index in [1.807, 2.05) is 59.5 Å². The Morgan fingerprint density at radius 3 is 2.43 bits per heavy atom. The maximum atomic E-state index is 12.2. The van der Waals surface area contributed by atoms with Crippen LogP contribution < -0.4 is 11.1 Å². The van der Waals surface area contributed by atoms with Gasteiger partial charge >= 0.3 is 0 Å². The van der Waals surface area contributed by atoms with E-state index in [9.17, 15) is 4.79 Å². The standard InChI is InChI=1S/C23H28N4O/c1-17(2)19-9-11-20(12-10-19)22(24)15-25-23(28)13-8-18-14-26-27(16-18)21-6-4-3-5-7-21/h3-7,9-12,14,16-17,22H,8,13,15,24H2,1-2H3,(H,25,28). The average molecular weight is 377 g/mol. The zero-order valence-electron chi connectivity index (χ0n) is 16.5. The highest BCUT2D eigenvalue weighted by Gasteiger charge is 2.10. The summed E-state index contributed by atoms with van der Waals surface area (Å²) in [5.74, 6) is 0.498. The molecular weight excluding hydrogens is 348 g/mol. The minimum absolute atomic E-state index is 0.00158. The number of hydrogen-bond donors (Lipinski definition) is 2. The number of benzene rings is 2. The van der Waals surface area contributed by atoms with Gasteiger partial charge in [-0.15, -0.1) is 0 Å². The molecule has 3 aromatic rings. The van der Waals surface area contributed by atoms with Crippen molar-refractivity contribution in [1.29, 1.82) is 0 Å². The number of carbonyl (C=O) groups is 1. The number of hydrogen-bond acceptors (Lipinski definition) is 3. The molecule has 2 aromatic carbocycles. The molecule has 0 fully saturated rings. The molecule has 0 aliphatic rings. The minimum atomic E-state index is -0.203. The van der Waals surface area contributed by atoms with E-state index in [2.05, 4.69) is 36.4 Å². The van der Waals surface area contributed by atoms with Crippen molar-refractivity contribution in [2.24, 2.45) is 5.73 Å². The van der Waals surface area contributed by atoms with E-state index in [-0.39, 0.29) is 11.9 Å². The number of aryl methyl sites for hydroxylation is 1. The van der Waals surface area contributed by atoms with Gasteiger partial charge in [0, 0.05) is 25.2 Å². The van der Waals surface area contributed by atoms with Gasteiger partial charge in [-0.25, -0.2) is 4.68 Å². The summed E-state index contributed by atoms with van der Waals surface area (Å²) in [5.41, 5.74) is 10.6. The topological polar surface area (TPSA) is 72.9 Å². The predicted molar refractivity (Wildman–Crippen MR) is 112 cm³/mol. The van der Waals surface area contributed by atoms with Crippen LogP contribution in [0.4, 0.5) is 0 Å². The third-order valence-corrected chi connectivity index (χ3v) is 4.85. The summed E-state index contributed by atoms with van der Waals surface area (Å²) in [6, 6.07) is 18.0. The van der Waals surface area contributed by atoms with Crippen molar-refractivity contribution in [3.63, 3.8) is 0 Å². The number of nitrogens with one attached hydrogen (secondary N) is 1. The van der Waals surface area contributed by atoms with E-state index in [4.69, 9.17) is 5.73 Å². The number of para-hydroxylation sites is 1. The van der Waals surface area contributed by atoms with Crippen LogP contribution in [0.3, 0.4) is 0 Å². The van der Waals surface area contributed by atoms with E-state index >= 15 is 0 Å². The zero-order valence-corrected chi connectivity index (χ0v) is 16.5. The van der Waals surface area contributed by atoms with E-state index in [0.29, 0.717) is 25.3 Å². The molecule has 0 aliphatic carbocycles. The number of carbonyl (C=O) groups excluding carboxylic acids is 1. The minimum Gasteiger partial charge on any atom is -0.354 e. The van der Waals surface area contributed by atoms with Crippen molar-refractivity contribution < 1.29 is 4.79 Å². The van der Waals surface area contributed by atoms with Gasteiger partial charge in [0.25, 0.3) is 0 Å². The highest BCUT2D eigenvalue weighted by molar-refractivity contribution is 5.76. The first-order valence-electron chi connectivity index (χ1n) is 9.74. The van der Waals surface area contributed by atoms with E-state index < -0.39 is 0 Å². The Labute approximate surface area is 166 Å². The van der Waals surface area contributed by atoms with Gasteiger partial charge in [0.2, 0.25) is 5.91 Å². The van der Waals surface area contributed by atoms with Crippen molar-refractivity contribution in [1.82, 2.24) is 15.1 Å². The molecule has 1 atom stereocenters. The fraction of sp³-hybridized carbons (Fsp3) is 0.304. The van der Waals surface area contributed by atoms with Crippen molar-refractivity contribution in [3.8, 4) is 5.69 Å². The first kappa shape index (κ1) is 19.8. The summed E-state index contributed by atoms with van der Waals surface area (Å²) in [4.78, 5) is 12.2. The molecule has 0 saturated carbocycles. The van der Waals surface area contributed by atoms with Crippen molar-refractivity contribution in [2.75, 3.05) is 6.54 Å². The third kappa shape index (κ3) is 5.30. The lowest BCUT2D eigenvalue weighted by molar-refractivity contribution is -0.121. The van der Waals surface area contributed by atoms with Crippen LogP contribution in [-0.4, -0.2) is 22.2 Å². The SMILES string of the molecule is CC(C)c1ccc(C(N)CNC(=O)CCc2cnn(-c3ccccc3)c2)cc1.